The number of rotatable bonds is 5. The van der Waals surface area contributed by atoms with Crippen LogP contribution in [0.15, 0.2) is 40.6 Å². The molecule has 10 heteroatoms. The van der Waals surface area contributed by atoms with Gasteiger partial charge in [0.1, 0.15) is 5.82 Å². The van der Waals surface area contributed by atoms with Gasteiger partial charge in [0.25, 0.3) is 10.0 Å². The summed E-state index contributed by atoms with van der Waals surface area (Å²) in [5.41, 5.74) is 5.64. The molecular weight excluding hydrogens is 301 g/mol. The van der Waals surface area contributed by atoms with Crippen molar-refractivity contribution in [3.8, 4) is 0 Å². The zero-order chi connectivity index (χ0) is 15.5. The summed E-state index contributed by atoms with van der Waals surface area (Å²) in [6.07, 6.45) is 1.29. The Bertz CT molecular complexity index is 758. The van der Waals surface area contributed by atoms with Crippen molar-refractivity contribution >= 4 is 15.9 Å². The van der Waals surface area contributed by atoms with Crippen molar-refractivity contribution in [1.29, 1.82) is 0 Å². The van der Waals surface area contributed by atoms with Crippen LogP contribution in [0.2, 0.25) is 0 Å². The van der Waals surface area contributed by atoms with Gasteiger partial charge < -0.3 is 10.9 Å². The number of nitrogens with one attached hydrogen (secondary N) is 2. The van der Waals surface area contributed by atoms with Crippen molar-refractivity contribution in [3.05, 3.63) is 47.4 Å². The third kappa shape index (κ3) is 3.35. The molecule has 0 saturated carbocycles. The first-order valence-corrected chi connectivity index (χ1v) is 7.17. The lowest BCUT2D eigenvalue weighted by Gasteiger charge is -2.07. The number of aromatic nitrogens is 2. The van der Waals surface area contributed by atoms with E-state index in [1.165, 1.54) is 24.4 Å². The molecule has 1 aromatic heterocycles. The first-order chi connectivity index (χ1) is 9.94. The Balaban J connectivity index is 2.14. The van der Waals surface area contributed by atoms with Gasteiger partial charge >= 0.3 is 0 Å². The van der Waals surface area contributed by atoms with E-state index in [9.17, 15) is 12.8 Å². The number of H-pyrrole nitrogens is 1. The minimum Gasteiger partial charge on any atom is -0.409 e. The van der Waals surface area contributed by atoms with E-state index in [2.05, 4.69) is 20.1 Å². The number of benzene rings is 1. The molecule has 0 fully saturated rings. The van der Waals surface area contributed by atoms with Gasteiger partial charge in [0.15, 0.2) is 10.9 Å². The summed E-state index contributed by atoms with van der Waals surface area (Å²) in [5, 5.41) is 17.0. The number of oxime groups is 1. The van der Waals surface area contributed by atoms with Crippen molar-refractivity contribution < 1.29 is 18.0 Å². The maximum absolute atomic E-state index is 13.8. The molecule has 5 N–H and O–H groups in total. The summed E-state index contributed by atoms with van der Waals surface area (Å²) >= 11 is 0. The van der Waals surface area contributed by atoms with Gasteiger partial charge in [-0.15, -0.1) is 0 Å². The van der Waals surface area contributed by atoms with E-state index < -0.39 is 15.8 Å². The summed E-state index contributed by atoms with van der Waals surface area (Å²) in [6.45, 7) is -0.246. The maximum Gasteiger partial charge on any atom is 0.257 e. The summed E-state index contributed by atoms with van der Waals surface area (Å²) in [6, 6.07) is 5.09. The van der Waals surface area contributed by atoms with Crippen LogP contribution in [-0.2, 0) is 16.6 Å². The molecule has 0 aliphatic rings. The Morgan fingerprint density at radius 3 is 2.81 bits per heavy atom. The van der Waals surface area contributed by atoms with Gasteiger partial charge in [-0.05, 0) is 12.1 Å². The average Bonchev–Trinajstić information content (AvgIpc) is 3.00. The molecule has 0 saturated heterocycles. The number of hydrogen-bond acceptors (Lipinski definition) is 5. The van der Waals surface area contributed by atoms with Crippen LogP contribution >= 0.6 is 0 Å². The molecule has 2 rings (SSSR count). The van der Waals surface area contributed by atoms with Crippen molar-refractivity contribution in [1.82, 2.24) is 14.9 Å². The third-order valence-corrected chi connectivity index (χ3v) is 4.00. The lowest BCUT2D eigenvalue weighted by Crippen LogP contribution is -2.24. The fourth-order valence-electron chi connectivity index (χ4n) is 1.55. The van der Waals surface area contributed by atoms with Gasteiger partial charge in [0, 0.05) is 17.7 Å². The van der Waals surface area contributed by atoms with Crippen LogP contribution in [0.4, 0.5) is 4.39 Å². The van der Waals surface area contributed by atoms with E-state index in [0.29, 0.717) is 0 Å². The van der Waals surface area contributed by atoms with Crippen LogP contribution in [0.25, 0.3) is 0 Å². The lowest BCUT2D eigenvalue weighted by atomic mass is 10.1. The normalized spacial score (nSPS) is 12.5. The number of halogens is 1. The van der Waals surface area contributed by atoms with Crippen molar-refractivity contribution in [2.24, 2.45) is 10.9 Å². The minimum atomic E-state index is -3.79. The molecule has 0 spiro atoms. The number of hydrogen-bond donors (Lipinski definition) is 4. The number of amidine groups is 1. The predicted octanol–water partition coefficient (Wildman–Crippen LogP) is 0.122. The molecule has 0 aliphatic carbocycles. The summed E-state index contributed by atoms with van der Waals surface area (Å²) in [5.74, 6) is -0.912. The standard InChI is InChI=1S/C11H12FN5O3S/c12-9-5-7(11(13)17-18)1-2-8(9)6-15-21(19,20)10-3-4-14-16-10/h1-5,15,18H,6H2,(H2,13,17)(H,14,16). The summed E-state index contributed by atoms with van der Waals surface area (Å²) < 4.78 is 39.7. The van der Waals surface area contributed by atoms with Crippen molar-refractivity contribution in [2.45, 2.75) is 11.6 Å². The lowest BCUT2D eigenvalue weighted by molar-refractivity contribution is 0.318. The summed E-state index contributed by atoms with van der Waals surface area (Å²) in [4.78, 5) is 0. The fraction of sp³-hybridized carbons (Fsp3) is 0.0909. The highest BCUT2D eigenvalue weighted by Gasteiger charge is 2.16. The van der Waals surface area contributed by atoms with Gasteiger partial charge in [-0.2, -0.15) is 5.10 Å². The molecule has 0 atom stereocenters. The van der Waals surface area contributed by atoms with E-state index in [4.69, 9.17) is 10.9 Å². The van der Waals surface area contributed by atoms with Crippen LogP contribution in [0.1, 0.15) is 11.1 Å². The van der Waals surface area contributed by atoms with Crippen molar-refractivity contribution in [2.75, 3.05) is 0 Å². The minimum absolute atomic E-state index is 0.115. The molecular formula is C11H12FN5O3S. The fourth-order valence-corrected chi connectivity index (χ4v) is 2.46. The third-order valence-electron chi connectivity index (χ3n) is 2.67. The van der Waals surface area contributed by atoms with E-state index in [-0.39, 0.29) is 28.5 Å². The Kier molecular flexibility index (Phi) is 4.19. The van der Waals surface area contributed by atoms with Gasteiger partial charge in [-0.3, -0.25) is 5.10 Å². The quantitative estimate of drug-likeness (QED) is 0.269. The highest BCUT2D eigenvalue weighted by molar-refractivity contribution is 7.89. The molecule has 112 valence electrons. The topological polar surface area (TPSA) is 133 Å². The maximum atomic E-state index is 13.8. The molecule has 0 radical (unpaired) electrons. The second-order valence-electron chi connectivity index (χ2n) is 4.04. The SMILES string of the molecule is N/C(=N/O)c1ccc(CNS(=O)(=O)c2ccn[nH]2)c(F)c1. The molecule has 0 aliphatic heterocycles. The van der Waals surface area contributed by atoms with E-state index >= 15 is 0 Å². The smallest absolute Gasteiger partial charge is 0.257 e. The van der Waals surface area contributed by atoms with Crippen LogP contribution in [0.5, 0.6) is 0 Å². The van der Waals surface area contributed by atoms with Crippen LogP contribution in [0.3, 0.4) is 0 Å². The summed E-state index contributed by atoms with van der Waals surface area (Å²) in [7, 11) is -3.79. The number of nitrogens with zero attached hydrogens (tertiary/aromatic N) is 2. The van der Waals surface area contributed by atoms with Crippen molar-refractivity contribution in [3.63, 3.8) is 0 Å². The van der Waals surface area contributed by atoms with Gasteiger partial charge in [-0.25, -0.2) is 17.5 Å². The Morgan fingerprint density at radius 2 is 2.24 bits per heavy atom. The molecule has 1 aromatic carbocycles. The Labute approximate surface area is 119 Å². The van der Waals surface area contributed by atoms with Crippen LogP contribution < -0.4 is 10.5 Å². The predicted molar refractivity (Wildman–Crippen MR) is 71.5 cm³/mol. The largest absolute Gasteiger partial charge is 0.409 e. The van der Waals surface area contributed by atoms with Gasteiger partial charge in [-0.1, -0.05) is 17.3 Å². The first-order valence-electron chi connectivity index (χ1n) is 5.69. The van der Waals surface area contributed by atoms with E-state index in [0.717, 1.165) is 6.07 Å². The van der Waals surface area contributed by atoms with E-state index in [1.54, 1.807) is 0 Å². The van der Waals surface area contributed by atoms with Crippen LogP contribution in [0, 0.1) is 5.82 Å². The van der Waals surface area contributed by atoms with Crippen LogP contribution in [-0.4, -0.2) is 29.7 Å². The number of nitrogens with two attached hydrogens (primary N) is 1. The first kappa shape index (κ1) is 14.9. The molecule has 0 bridgehead atoms. The molecule has 21 heavy (non-hydrogen) atoms. The second-order valence-corrected chi connectivity index (χ2v) is 5.77. The average molecular weight is 313 g/mol. The molecule has 8 nitrogen and oxygen atoms in total. The zero-order valence-corrected chi connectivity index (χ0v) is 11.4. The van der Waals surface area contributed by atoms with E-state index in [1.807, 2.05) is 0 Å². The number of aromatic amines is 1. The monoisotopic (exact) mass is 313 g/mol. The highest BCUT2D eigenvalue weighted by atomic mass is 32.2. The van der Waals surface area contributed by atoms with Gasteiger partial charge in [0.2, 0.25) is 0 Å². The Morgan fingerprint density at radius 1 is 1.48 bits per heavy atom. The Hall–Kier alpha value is -2.46. The zero-order valence-electron chi connectivity index (χ0n) is 10.6. The molecule has 1 heterocycles. The second kappa shape index (κ2) is 5.89. The molecule has 2 aromatic rings. The number of sulfonamides is 1. The highest BCUT2D eigenvalue weighted by Crippen LogP contribution is 2.12. The molecule has 0 unspecified atom stereocenters. The van der Waals surface area contributed by atoms with Gasteiger partial charge in [0.05, 0.1) is 6.20 Å². The molecule has 0 amide bonds.